The smallest absolute Gasteiger partial charge is 0.220 e. The van der Waals surface area contributed by atoms with Gasteiger partial charge in [-0.25, -0.2) is 0 Å². The zero-order valence-corrected chi connectivity index (χ0v) is 11.4. The summed E-state index contributed by atoms with van der Waals surface area (Å²) in [6, 6.07) is 1.21. The van der Waals surface area contributed by atoms with E-state index in [1.807, 2.05) is 0 Å². The summed E-state index contributed by atoms with van der Waals surface area (Å²) in [6.07, 6.45) is 9.35. The summed E-state index contributed by atoms with van der Waals surface area (Å²) in [4.78, 5) is 11.1. The van der Waals surface area contributed by atoms with Gasteiger partial charge in [-0.2, -0.15) is 0 Å². The van der Waals surface area contributed by atoms with E-state index in [-0.39, 0.29) is 11.8 Å². The molecule has 0 aromatic heterocycles. The first-order chi connectivity index (χ1) is 8.13. The van der Waals surface area contributed by atoms with Gasteiger partial charge in [-0.05, 0) is 39.0 Å². The van der Waals surface area contributed by atoms with Crippen LogP contribution in [0.15, 0.2) is 0 Å². The Hall–Kier alpha value is -0.570. The van der Waals surface area contributed by atoms with Gasteiger partial charge in [0.1, 0.15) is 0 Å². The molecule has 0 aliphatic heterocycles. The Labute approximate surface area is 106 Å². The normalized spacial score (nSPS) is 26.7. The van der Waals surface area contributed by atoms with Crippen LogP contribution in [-0.2, 0) is 4.79 Å². The maximum absolute atomic E-state index is 11.1. The molecule has 0 spiro atoms. The number of carbonyl (C=O) groups excluding carboxylic acids is 1. The Kier molecular flexibility index (Phi) is 6.56. The van der Waals surface area contributed by atoms with Gasteiger partial charge in [-0.15, -0.1) is 0 Å². The molecule has 1 aliphatic carbocycles. The van der Waals surface area contributed by atoms with Crippen molar-refractivity contribution >= 4 is 5.91 Å². The zero-order chi connectivity index (χ0) is 12.7. The van der Waals surface area contributed by atoms with E-state index >= 15 is 0 Å². The molecule has 1 saturated carbocycles. The van der Waals surface area contributed by atoms with Gasteiger partial charge in [-0.3, -0.25) is 4.79 Å². The largest absolute Gasteiger partial charge is 0.369 e. The van der Waals surface area contributed by atoms with Crippen LogP contribution in [0.5, 0.6) is 0 Å². The summed E-state index contributed by atoms with van der Waals surface area (Å²) in [5.74, 6) is 0.0166. The number of nitrogens with one attached hydrogen (secondary N) is 1. The van der Waals surface area contributed by atoms with Gasteiger partial charge in [-0.1, -0.05) is 26.2 Å². The summed E-state index contributed by atoms with van der Waals surface area (Å²) in [7, 11) is 0. The van der Waals surface area contributed by atoms with E-state index < -0.39 is 0 Å². The van der Waals surface area contributed by atoms with E-state index in [4.69, 9.17) is 5.73 Å². The molecule has 0 aromatic rings. The molecule has 1 unspecified atom stereocenters. The van der Waals surface area contributed by atoms with Crippen LogP contribution >= 0.6 is 0 Å². The maximum Gasteiger partial charge on any atom is 0.220 e. The average Bonchev–Trinajstić information content (AvgIpc) is 2.30. The number of primary amides is 1. The first-order valence-electron chi connectivity index (χ1n) is 7.18. The van der Waals surface area contributed by atoms with Crippen LogP contribution in [0.3, 0.4) is 0 Å². The molecule has 3 heteroatoms. The Bertz CT molecular complexity index is 222. The predicted molar refractivity (Wildman–Crippen MR) is 71.7 cm³/mol. The molecule has 0 bridgehead atoms. The third kappa shape index (κ3) is 5.53. The van der Waals surface area contributed by atoms with Crippen LogP contribution in [0.1, 0.15) is 65.2 Å². The lowest BCUT2D eigenvalue weighted by molar-refractivity contribution is -0.122. The topological polar surface area (TPSA) is 55.1 Å². The van der Waals surface area contributed by atoms with Crippen LogP contribution in [-0.4, -0.2) is 18.0 Å². The van der Waals surface area contributed by atoms with Crippen LogP contribution in [0, 0.1) is 5.92 Å². The van der Waals surface area contributed by atoms with Gasteiger partial charge in [0.2, 0.25) is 5.91 Å². The molecular formula is C14H28N2O. The number of unbranched alkanes of at least 4 members (excludes halogenated alkanes) is 2. The van der Waals surface area contributed by atoms with E-state index in [1.54, 1.807) is 0 Å². The molecule has 1 amide bonds. The van der Waals surface area contributed by atoms with Gasteiger partial charge in [0.15, 0.2) is 0 Å². The molecule has 1 rings (SSSR count). The van der Waals surface area contributed by atoms with E-state index in [0.29, 0.717) is 12.1 Å². The number of nitrogens with two attached hydrogens (primary N) is 1. The summed E-state index contributed by atoms with van der Waals surface area (Å²) >= 11 is 0. The van der Waals surface area contributed by atoms with Crippen molar-refractivity contribution in [2.45, 2.75) is 77.3 Å². The number of rotatable bonds is 7. The van der Waals surface area contributed by atoms with Crippen molar-refractivity contribution in [3.8, 4) is 0 Å². The minimum absolute atomic E-state index is 0.112. The number of amides is 1. The Morgan fingerprint density at radius 1 is 1.29 bits per heavy atom. The number of carbonyl (C=O) groups is 1. The number of hydrogen-bond acceptors (Lipinski definition) is 2. The highest BCUT2D eigenvalue weighted by atomic mass is 16.1. The highest BCUT2D eigenvalue weighted by molar-refractivity contribution is 5.76. The fourth-order valence-electron chi connectivity index (χ4n) is 2.73. The first kappa shape index (κ1) is 14.5. The second-order valence-corrected chi connectivity index (χ2v) is 5.51. The molecule has 17 heavy (non-hydrogen) atoms. The molecule has 0 saturated heterocycles. The summed E-state index contributed by atoms with van der Waals surface area (Å²) in [5.41, 5.74) is 5.34. The quantitative estimate of drug-likeness (QED) is 0.672. The molecular weight excluding hydrogens is 212 g/mol. The van der Waals surface area contributed by atoms with Gasteiger partial charge in [0, 0.05) is 18.0 Å². The van der Waals surface area contributed by atoms with Gasteiger partial charge in [0.05, 0.1) is 0 Å². The van der Waals surface area contributed by atoms with E-state index in [9.17, 15) is 4.79 Å². The molecule has 0 aromatic carbocycles. The lowest BCUT2D eigenvalue weighted by Crippen LogP contribution is -2.40. The Morgan fingerprint density at radius 2 is 1.94 bits per heavy atom. The van der Waals surface area contributed by atoms with Gasteiger partial charge < -0.3 is 11.1 Å². The lowest BCUT2D eigenvalue weighted by Gasteiger charge is -2.30. The standard InChI is InChI=1S/C14H28N2O/c1-3-4-5-6-11(2)16-13-9-7-12(8-10-13)14(15)17/h11-13,16H,3-10H2,1-2H3,(H2,15,17). The molecule has 1 fully saturated rings. The second kappa shape index (κ2) is 7.70. The van der Waals surface area contributed by atoms with Crippen molar-refractivity contribution in [3.05, 3.63) is 0 Å². The Balaban J connectivity index is 2.14. The molecule has 0 heterocycles. The van der Waals surface area contributed by atoms with Crippen molar-refractivity contribution in [2.24, 2.45) is 11.7 Å². The monoisotopic (exact) mass is 240 g/mol. The number of hydrogen-bond donors (Lipinski definition) is 2. The molecule has 1 aliphatic rings. The third-order valence-corrected chi connectivity index (χ3v) is 3.89. The first-order valence-corrected chi connectivity index (χ1v) is 7.18. The van der Waals surface area contributed by atoms with Crippen molar-refractivity contribution in [2.75, 3.05) is 0 Å². The van der Waals surface area contributed by atoms with Crippen molar-refractivity contribution in [3.63, 3.8) is 0 Å². The summed E-state index contributed by atoms with van der Waals surface area (Å²) in [5, 5.41) is 3.69. The molecule has 3 N–H and O–H groups in total. The summed E-state index contributed by atoms with van der Waals surface area (Å²) < 4.78 is 0. The molecule has 0 radical (unpaired) electrons. The molecule has 3 nitrogen and oxygen atoms in total. The van der Waals surface area contributed by atoms with Gasteiger partial charge in [0.25, 0.3) is 0 Å². The predicted octanol–water partition coefficient (Wildman–Crippen LogP) is 2.59. The molecule has 1 atom stereocenters. The van der Waals surface area contributed by atoms with Crippen LogP contribution in [0.4, 0.5) is 0 Å². The van der Waals surface area contributed by atoms with Crippen molar-refractivity contribution in [1.82, 2.24) is 5.32 Å². The van der Waals surface area contributed by atoms with Crippen LogP contribution < -0.4 is 11.1 Å². The second-order valence-electron chi connectivity index (χ2n) is 5.51. The fraction of sp³-hybridized carbons (Fsp3) is 0.929. The SMILES string of the molecule is CCCCCC(C)NC1CCC(C(N)=O)CC1. The highest BCUT2D eigenvalue weighted by Crippen LogP contribution is 2.24. The van der Waals surface area contributed by atoms with Gasteiger partial charge >= 0.3 is 0 Å². The van der Waals surface area contributed by atoms with E-state index in [1.165, 1.54) is 25.7 Å². The zero-order valence-electron chi connectivity index (χ0n) is 11.4. The van der Waals surface area contributed by atoms with Crippen LogP contribution in [0.2, 0.25) is 0 Å². The fourth-order valence-corrected chi connectivity index (χ4v) is 2.73. The van der Waals surface area contributed by atoms with Crippen molar-refractivity contribution < 1.29 is 4.79 Å². The van der Waals surface area contributed by atoms with E-state index in [2.05, 4.69) is 19.2 Å². The Morgan fingerprint density at radius 3 is 2.47 bits per heavy atom. The minimum Gasteiger partial charge on any atom is -0.369 e. The molecule has 100 valence electrons. The summed E-state index contributed by atoms with van der Waals surface area (Å²) in [6.45, 7) is 4.51. The average molecular weight is 240 g/mol. The lowest BCUT2D eigenvalue weighted by atomic mass is 9.85. The van der Waals surface area contributed by atoms with E-state index in [0.717, 1.165) is 25.7 Å². The maximum atomic E-state index is 11.1. The van der Waals surface area contributed by atoms with Crippen LogP contribution in [0.25, 0.3) is 0 Å². The third-order valence-electron chi connectivity index (χ3n) is 3.89. The van der Waals surface area contributed by atoms with Crippen molar-refractivity contribution in [1.29, 1.82) is 0 Å². The highest BCUT2D eigenvalue weighted by Gasteiger charge is 2.24. The minimum atomic E-state index is -0.112.